The molecule has 0 saturated heterocycles. The number of unbranched alkanes of at least 4 members (excludes halogenated alkanes) is 12. The lowest BCUT2D eigenvalue weighted by molar-refractivity contribution is -0.870. The van der Waals surface area contributed by atoms with Gasteiger partial charge in [0.05, 0.1) is 34.4 Å². The molecule has 0 radical (unpaired) electrons. The van der Waals surface area contributed by atoms with Gasteiger partial charge in [0.25, 0.3) is 7.82 Å². The average molecular weight is 898 g/mol. The molecule has 0 aliphatic rings. The van der Waals surface area contributed by atoms with E-state index in [0.717, 1.165) is 116 Å². The van der Waals surface area contributed by atoms with Crippen LogP contribution in [-0.4, -0.2) is 70.7 Å². The normalized spacial score (nSPS) is 14.6. The maximum absolute atomic E-state index is 12.7. The standard InChI is InChI=1S/C54H92NO7P/c1-6-8-10-12-14-16-18-20-22-24-26-28-29-31-33-35-37-39-41-43-45-47-54(56)62-53(52-61-63(57,58)60-50-48-55(3,4)5)51-59-49-46-44-42-40-38-36-34-32-30-27-25-23-21-19-17-15-13-11-9-7-2/h8-11,14-17,20-23,26-28,30,34,36,53H,6-7,12-13,18-19,24-25,29,31-33,35,37-52H2,1-5H3/b10-8-,11-9-,16-14-,17-15-,22-20-,23-21-,28-26-,30-27-,36-34-. The van der Waals surface area contributed by atoms with E-state index in [-0.39, 0.29) is 32.2 Å². The second-order valence-electron chi connectivity index (χ2n) is 17.1. The SMILES string of the molecule is CC/C=C\C/C=C\C/C=C\C/C=C\C/C=C\CCCCCCOCC(COP(=O)([O-])OCC[N+](C)(C)C)OC(=O)CCCCCCCCCC/C=C\C/C=C\C/C=C\C/C=C\CC. The van der Waals surface area contributed by atoms with Crippen molar-refractivity contribution < 1.29 is 37.3 Å². The Hall–Kier alpha value is -2.84. The van der Waals surface area contributed by atoms with E-state index in [1.165, 1.54) is 32.1 Å². The van der Waals surface area contributed by atoms with Crippen LogP contribution in [0.15, 0.2) is 109 Å². The predicted octanol–water partition coefficient (Wildman–Crippen LogP) is 14.5. The zero-order valence-electron chi connectivity index (χ0n) is 40.7. The number of esters is 1. The first-order valence-electron chi connectivity index (χ1n) is 24.6. The number of phosphoric acid groups is 1. The number of phosphoric ester groups is 1. The molecule has 0 heterocycles. The topological polar surface area (TPSA) is 94.1 Å². The number of rotatable bonds is 44. The predicted molar refractivity (Wildman–Crippen MR) is 268 cm³/mol. The third-order valence-electron chi connectivity index (χ3n) is 9.82. The zero-order chi connectivity index (χ0) is 46.2. The summed E-state index contributed by atoms with van der Waals surface area (Å²) in [5.41, 5.74) is 0. The van der Waals surface area contributed by atoms with Crippen LogP contribution in [0.25, 0.3) is 0 Å². The van der Waals surface area contributed by atoms with E-state index < -0.39 is 13.9 Å². The highest BCUT2D eigenvalue weighted by molar-refractivity contribution is 7.45. The van der Waals surface area contributed by atoms with Gasteiger partial charge < -0.3 is 27.9 Å². The smallest absolute Gasteiger partial charge is 0.306 e. The van der Waals surface area contributed by atoms with Crippen molar-refractivity contribution in [2.45, 2.75) is 174 Å². The minimum Gasteiger partial charge on any atom is -0.756 e. The highest BCUT2D eigenvalue weighted by Crippen LogP contribution is 2.38. The fourth-order valence-electron chi connectivity index (χ4n) is 6.09. The Kier molecular flexibility index (Phi) is 43.7. The highest BCUT2D eigenvalue weighted by Gasteiger charge is 2.20. The van der Waals surface area contributed by atoms with Crippen molar-refractivity contribution >= 4 is 13.8 Å². The fourth-order valence-corrected chi connectivity index (χ4v) is 6.82. The average Bonchev–Trinajstić information content (AvgIpc) is 3.24. The van der Waals surface area contributed by atoms with E-state index >= 15 is 0 Å². The summed E-state index contributed by atoms with van der Waals surface area (Å²) < 4.78 is 34.7. The van der Waals surface area contributed by atoms with Gasteiger partial charge in [0.2, 0.25) is 0 Å². The number of allylic oxidation sites excluding steroid dienone is 18. The minimum absolute atomic E-state index is 0.0122. The Labute approximate surface area is 387 Å². The van der Waals surface area contributed by atoms with Crippen LogP contribution >= 0.6 is 7.82 Å². The minimum atomic E-state index is -4.55. The second kappa shape index (κ2) is 45.7. The molecule has 0 amide bonds. The number of carbonyl (C=O) groups is 1. The van der Waals surface area contributed by atoms with E-state index in [0.29, 0.717) is 17.6 Å². The lowest BCUT2D eigenvalue weighted by Crippen LogP contribution is -2.37. The van der Waals surface area contributed by atoms with E-state index in [1.54, 1.807) is 0 Å². The van der Waals surface area contributed by atoms with Crippen molar-refractivity contribution in [2.24, 2.45) is 0 Å². The first kappa shape index (κ1) is 60.2. The van der Waals surface area contributed by atoms with Gasteiger partial charge in [-0.05, 0) is 96.3 Å². The maximum Gasteiger partial charge on any atom is 0.306 e. The first-order chi connectivity index (χ1) is 30.6. The molecule has 0 aliphatic heterocycles. The number of carbonyl (C=O) groups excluding carboxylic acids is 1. The van der Waals surface area contributed by atoms with Crippen LogP contribution in [0.4, 0.5) is 0 Å². The van der Waals surface area contributed by atoms with Gasteiger partial charge in [0.1, 0.15) is 19.3 Å². The van der Waals surface area contributed by atoms with Crippen LogP contribution in [0.2, 0.25) is 0 Å². The number of quaternary nitrogens is 1. The van der Waals surface area contributed by atoms with Gasteiger partial charge in [-0.2, -0.15) is 0 Å². The van der Waals surface area contributed by atoms with Gasteiger partial charge in [-0.25, -0.2) is 0 Å². The monoisotopic (exact) mass is 898 g/mol. The summed E-state index contributed by atoms with van der Waals surface area (Å²) in [4.78, 5) is 25.2. The van der Waals surface area contributed by atoms with E-state index in [9.17, 15) is 14.3 Å². The van der Waals surface area contributed by atoms with Crippen LogP contribution in [0.3, 0.4) is 0 Å². The molecule has 0 aromatic carbocycles. The lowest BCUT2D eigenvalue weighted by Gasteiger charge is -2.28. The second-order valence-corrected chi connectivity index (χ2v) is 18.5. The van der Waals surface area contributed by atoms with Gasteiger partial charge in [0.15, 0.2) is 0 Å². The van der Waals surface area contributed by atoms with Gasteiger partial charge in [-0.3, -0.25) is 9.36 Å². The van der Waals surface area contributed by atoms with E-state index in [4.69, 9.17) is 18.5 Å². The molecule has 2 atom stereocenters. The summed E-state index contributed by atoms with van der Waals surface area (Å²) in [5.74, 6) is -0.357. The Morgan fingerprint density at radius 2 is 0.873 bits per heavy atom. The van der Waals surface area contributed by atoms with E-state index in [1.807, 2.05) is 21.1 Å². The van der Waals surface area contributed by atoms with Gasteiger partial charge >= 0.3 is 5.97 Å². The molecule has 0 aromatic heterocycles. The quantitative estimate of drug-likeness (QED) is 0.0198. The molecule has 2 unspecified atom stereocenters. The van der Waals surface area contributed by atoms with Gasteiger partial charge in [-0.15, -0.1) is 0 Å². The summed E-state index contributed by atoms with van der Waals surface area (Å²) >= 11 is 0. The molecule has 0 aromatic rings. The third-order valence-corrected chi connectivity index (χ3v) is 10.8. The molecule has 9 heteroatoms. The van der Waals surface area contributed by atoms with Crippen molar-refractivity contribution in [1.82, 2.24) is 0 Å². The molecule has 8 nitrogen and oxygen atoms in total. The number of nitrogens with zero attached hydrogens (tertiary/aromatic N) is 1. The molecule has 0 fully saturated rings. The van der Waals surface area contributed by atoms with Crippen LogP contribution in [-0.2, 0) is 27.9 Å². The molecule has 360 valence electrons. The lowest BCUT2D eigenvalue weighted by atomic mass is 10.1. The van der Waals surface area contributed by atoms with Crippen molar-refractivity contribution in [2.75, 3.05) is 54.1 Å². The Bertz CT molecular complexity index is 1370. The Balaban J connectivity index is 4.27. The molecule has 0 N–H and O–H groups in total. The number of ether oxygens (including phenoxy) is 2. The molecule has 0 saturated carbocycles. The molecule has 0 spiro atoms. The maximum atomic E-state index is 12.7. The Morgan fingerprint density at radius 3 is 1.30 bits per heavy atom. The summed E-state index contributed by atoms with van der Waals surface area (Å²) in [5, 5.41) is 0. The number of likely N-dealkylation sites (N-methyl/N-ethyl adjacent to an activating group) is 1. The molecule has 0 rings (SSSR count). The van der Waals surface area contributed by atoms with Gasteiger partial charge in [0, 0.05) is 13.0 Å². The van der Waals surface area contributed by atoms with Crippen molar-refractivity contribution in [3.63, 3.8) is 0 Å². The first-order valence-corrected chi connectivity index (χ1v) is 26.1. The van der Waals surface area contributed by atoms with Crippen LogP contribution in [0.5, 0.6) is 0 Å². The van der Waals surface area contributed by atoms with Crippen LogP contribution < -0.4 is 4.89 Å². The highest BCUT2D eigenvalue weighted by atomic mass is 31.2. The number of hydrogen-bond acceptors (Lipinski definition) is 7. The van der Waals surface area contributed by atoms with Crippen molar-refractivity contribution in [3.05, 3.63) is 109 Å². The molecular formula is C54H92NO7P. The van der Waals surface area contributed by atoms with Crippen molar-refractivity contribution in [1.29, 1.82) is 0 Å². The summed E-state index contributed by atoms with van der Waals surface area (Å²) in [6.45, 7) is 5.09. The third kappa shape index (κ3) is 50.0. The fraction of sp³-hybridized carbons (Fsp3) is 0.648. The Morgan fingerprint density at radius 1 is 0.492 bits per heavy atom. The summed E-state index contributed by atoms with van der Waals surface area (Å²) in [6.07, 6.45) is 63.9. The summed E-state index contributed by atoms with van der Waals surface area (Å²) in [6, 6.07) is 0. The van der Waals surface area contributed by atoms with E-state index in [2.05, 4.69) is 123 Å². The molecule has 0 bridgehead atoms. The van der Waals surface area contributed by atoms with Gasteiger partial charge in [-0.1, -0.05) is 175 Å². The van der Waals surface area contributed by atoms with Crippen LogP contribution in [0, 0.1) is 0 Å². The number of hydrogen-bond donors (Lipinski definition) is 0. The van der Waals surface area contributed by atoms with Crippen LogP contribution in [0.1, 0.15) is 168 Å². The molecular weight excluding hydrogens is 806 g/mol. The molecule has 0 aliphatic carbocycles. The summed E-state index contributed by atoms with van der Waals surface area (Å²) in [7, 11) is 1.31. The van der Waals surface area contributed by atoms with Crippen molar-refractivity contribution in [3.8, 4) is 0 Å². The zero-order valence-corrected chi connectivity index (χ0v) is 41.6. The molecule has 63 heavy (non-hydrogen) atoms. The largest absolute Gasteiger partial charge is 0.756 e.